The molecule has 0 aliphatic heterocycles. The zero-order chi connectivity index (χ0) is 23.7. The maximum Gasteiger partial charge on any atom is 0.314 e. The number of allylic oxidation sites excluding steroid dienone is 1. The van der Waals surface area contributed by atoms with Crippen LogP contribution >= 0.6 is 0 Å². The second-order valence-corrected chi connectivity index (χ2v) is 8.16. The fourth-order valence-corrected chi connectivity index (χ4v) is 2.80. The van der Waals surface area contributed by atoms with Gasteiger partial charge in [-0.2, -0.15) is 0 Å². The second kappa shape index (κ2) is 11.4. The summed E-state index contributed by atoms with van der Waals surface area (Å²) in [7, 11) is 0. The molecule has 0 heterocycles. The van der Waals surface area contributed by atoms with Crippen molar-refractivity contribution in [3.05, 3.63) is 59.2 Å². The molecule has 0 saturated carbocycles. The largest absolute Gasteiger partial charge is 0.493 e. The molecule has 2 aromatic rings. The van der Waals surface area contributed by atoms with Crippen LogP contribution in [0.25, 0.3) is 6.08 Å². The van der Waals surface area contributed by atoms with Gasteiger partial charge in [-0.15, -0.1) is 0 Å². The normalized spacial score (nSPS) is 11.3. The average molecular weight is 441 g/mol. The highest BCUT2D eigenvalue weighted by Gasteiger charge is 2.23. The Morgan fingerprint density at radius 2 is 1.56 bits per heavy atom. The van der Waals surface area contributed by atoms with Crippen LogP contribution in [0.4, 0.5) is 0 Å². The van der Waals surface area contributed by atoms with Crippen LogP contribution in [0, 0.1) is 12.3 Å². The third-order valence-corrected chi connectivity index (χ3v) is 4.51. The number of hydrogen-bond acceptors (Lipinski definition) is 6. The minimum atomic E-state index is -0.590. The minimum absolute atomic E-state index is 0.165. The van der Waals surface area contributed by atoms with E-state index in [0.29, 0.717) is 36.0 Å². The third-order valence-electron chi connectivity index (χ3n) is 4.51. The van der Waals surface area contributed by atoms with E-state index in [9.17, 15) is 9.59 Å². The first-order valence-corrected chi connectivity index (χ1v) is 10.7. The van der Waals surface area contributed by atoms with Crippen molar-refractivity contribution in [2.24, 2.45) is 5.41 Å². The zero-order valence-electron chi connectivity index (χ0n) is 19.7. The first kappa shape index (κ1) is 25.0. The first-order valence-electron chi connectivity index (χ1n) is 10.7. The quantitative estimate of drug-likeness (QED) is 0.207. The van der Waals surface area contributed by atoms with Gasteiger partial charge in [0.05, 0.1) is 24.2 Å². The van der Waals surface area contributed by atoms with Crippen molar-refractivity contribution in [1.82, 2.24) is 0 Å². The van der Waals surface area contributed by atoms with Crippen molar-refractivity contribution in [1.29, 1.82) is 0 Å². The second-order valence-electron chi connectivity index (χ2n) is 8.16. The Balaban J connectivity index is 2.10. The highest BCUT2D eigenvalue weighted by Crippen LogP contribution is 2.33. The number of rotatable bonds is 10. The Kier molecular flexibility index (Phi) is 8.88. The lowest BCUT2D eigenvalue weighted by molar-refractivity contribution is -0.159. The number of hydrogen-bond donors (Lipinski definition) is 0. The Morgan fingerprint density at radius 1 is 0.906 bits per heavy atom. The van der Waals surface area contributed by atoms with Crippen molar-refractivity contribution in [2.45, 2.75) is 41.5 Å². The minimum Gasteiger partial charge on any atom is -0.493 e. The van der Waals surface area contributed by atoms with Gasteiger partial charge in [0.15, 0.2) is 5.78 Å². The lowest BCUT2D eigenvalue weighted by Crippen LogP contribution is -2.24. The lowest BCUT2D eigenvalue weighted by Gasteiger charge is -2.16. The SMILES string of the molecule is CCOc1ccc(C)c(OCC)c1/C=C/C(=O)c1ccc(OCOC(=O)C(C)(C)C)cc1. The third kappa shape index (κ3) is 6.87. The van der Waals surface area contributed by atoms with Gasteiger partial charge >= 0.3 is 5.97 Å². The molecule has 0 amide bonds. The molecule has 172 valence electrons. The van der Waals surface area contributed by atoms with E-state index in [-0.39, 0.29) is 18.5 Å². The molecule has 0 aliphatic carbocycles. The van der Waals surface area contributed by atoms with Gasteiger partial charge in [0.25, 0.3) is 0 Å². The molecule has 0 radical (unpaired) electrons. The monoisotopic (exact) mass is 440 g/mol. The molecular formula is C26H32O6. The van der Waals surface area contributed by atoms with E-state index in [1.807, 2.05) is 32.9 Å². The van der Waals surface area contributed by atoms with Crippen molar-refractivity contribution >= 4 is 17.8 Å². The fourth-order valence-electron chi connectivity index (χ4n) is 2.80. The fraction of sp³-hybridized carbons (Fsp3) is 0.385. The maximum atomic E-state index is 12.7. The molecule has 0 unspecified atom stereocenters. The summed E-state index contributed by atoms with van der Waals surface area (Å²) >= 11 is 0. The number of carbonyl (C=O) groups is 2. The molecule has 0 saturated heterocycles. The highest BCUT2D eigenvalue weighted by atomic mass is 16.7. The Labute approximate surface area is 190 Å². The molecule has 0 spiro atoms. The molecular weight excluding hydrogens is 408 g/mol. The summed E-state index contributed by atoms with van der Waals surface area (Å²) in [5.41, 5.74) is 1.62. The van der Waals surface area contributed by atoms with Crippen LogP contribution in [0.2, 0.25) is 0 Å². The summed E-state index contributed by atoms with van der Waals surface area (Å²) in [5, 5.41) is 0. The van der Waals surface area contributed by atoms with E-state index >= 15 is 0 Å². The molecule has 6 heteroatoms. The van der Waals surface area contributed by atoms with Crippen molar-refractivity contribution < 1.29 is 28.5 Å². The van der Waals surface area contributed by atoms with Crippen LogP contribution in [-0.2, 0) is 9.53 Å². The van der Waals surface area contributed by atoms with E-state index in [0.717, 1.165) is 11.1 Å². The molecule has 2 aromatic carbocycles. The van der Waals surface area contributed by atoms with Gasteiger partial charge < -0.3 is 18.9 Å². The summed E-state index contributed by atoms with van der Waals surface area (Å²) in [6, 6.07) is 10.5. The Hall–Kier alpha value is -3.28. The van der Waals surface area contributed by atoms with Crippen LogP contribution in [-0.4, -0.2) is 31.8 Å². The maximum absolute atomic E-state index is 12.7. The summed E-state index contributed by atoms with van der Waals surface area (Å²) in [4.78, 5) is 24.5. The van der Waals surface area contributed by atoms with E-state index in [1.54, 1.807) is 51.1 Å². The molecule has 0 N–H and O–H groups in total. The molecule has 0 aliphatic rings. The molecule has 0 fully saturated rings. The zero-order valence-corrected chi connectivity index (χ0v) is 19.7. The number of aryl methyl sites for hydroxylation is 1. The number of ether oxygens (including phenoxy) is 4. The van der Waals surface area contributed by atoms with Crippen LogP contribution in [0.5, 0.6) is 17.2 Å². The summed E-state index contributed by atoms with van der Waals surface area (Å²) in [5.74, 6) is 1.36. The van der Waals surface area contributed by atoms with Gasteiger partial charge in [0, 0.05) is 5.56 Å². The first-order chi connectivity index (χ1) is 15.2. The van der Waals surface area contributed by atoms with E-state index < -0.39 is 5.41 Å². The standard InChI is InChI=1S/C26H32O6/c1-7-29-23-16-9-18(3)24(30-8-2)21(23)14-15-22(27)19-10-12-20(13-11-19)31-17-32-25(28)26(4,5)6/h9-16H,7-8,17H2,1-6H3/b15-14+. The summed E-state index contributed by atoms with van der Waals surface area (Å²) < 4.78 is 22.0. The van der Waals surface area contributed by atoms with E-state index in [2.05, 4.69) is 0 Å². The molecule has 6 nitrogen and oxygen atoms in total. The molecule has 0 bridgehead atoms. The van der Waals surface area contributed by atoms with Crippen LogP contribution in [0.1, 0.15) is 56.1 Å². The number of carbonyl (C=O) groups excluding carboxylic acids is 2. The smallest absolute Gasteiger partial charge is 0.314 e. The van der Waals surface area contributed by atoms with Gasteiger partial charge in [-0.1, -0.05) is 6.07 Å². The summed E-state index contributed by atoms with van der Waals surface area (Å²) in [6.07, 6.45) is 3.22. The predicted octanol–water partition coefficient (Wildman–Crippen LogP) is 5.61. The van der Waals surface area contributed by atoms with E-state index in [1.165, 1.54) is 6.08 Å². The molecule has 2 rings (SSSR count). The average Bonchev–Trinajstić information content (AvgIpc) is 2.75. The van der Waals surface area contributed by atoms with Gasteiger partial charge in [-0.3, -0.25) is 9.59 Å². The van der Waals surface area contributed by atoms with Crippen molar-refractivity contribution in [3.8, 4) is 17.2 Å². The lowest BCUT2D eigenvalue weighted by atomic mass is 9.98. The highest BCUT2D eigenvalue weighted by molar-refractivity contribution is 6.07. The topological polar surface area (TPSA) is 71.1 Å². The predicted molar refractivity (Wildman–Crippen MR) is 124 cm³/mol. The van der Waals surface area contributed by atoms with Crippen LogP contribution in [0.3, 0.4) is 0 Å². The Morgan fingerprint density at radius 3 is 2.16 bits per heavy atom. The molecule has 0 atom stereocenters. The number of ketones is 1. The van der Waals surface area contributed by atoms with E-state index in [4.69, 9.17) is 18.9 Å². The van der Waals surface area contributed by atoms with Crippen molar-refractivity contribution in [2.75, 3.05) is 20.0 Å². The van der Waals surface area contributed by atoms with Gasteiger partial charge in [-0.05, 0) is 89.6 Å². The van der Waals surface area contributed by atoms with Gasteiger partial charge in [0.2, 0.25) is 6.79 Å². The number of esters is 1. The van der Waals surface area contributed by atoms with Gasteiger partial charge in [-0.25, -0.2) is 0 Å². The van der Waals surface area contributed by atoms with Crippen LogP contribution < -0.4 is 14.2 Å². The number of benzene rings is 2. The molecule has 0 aromatic heterocycles. The molecule has 32 heavy (non-hydrogen) atoms. The summed E-state index contributed by atoms with van der Waals surface area (Å²) in [6.45, 7) is 11.9. The van der Waals surface area contributed by atoms with Crippen molar-refractivity contribution in [3.63, 3.8) is 0 Å². The van der Waals surface area contributed by atoms with Crippen LogP contribution in [0.15, 0.2) is 42.5 Å². The Bertz CT molecular complexity index is 952. The van der Waals surface area contributed by atoms with Gasteiger partial charge in [0.1, 0.15) is 17.2 Å².